The summed E-state index contributed by atoms with van der Waals surface area (Å²) in [5.41, 5.74) is 6.97. The van der Waals surface area contributed by atoms with Crippen LogP contribution in [0.2, 0.25) is 5.02 Å². The Morgan fingerprint density at radius 1 is 1.21 bits per heavy atom. The molecule has 19 heavy (non-hydrogen) atoms. The fraction of sp³-hybridized carbons (Fsp3) is 0.462. The highest BCUT2D eigenvalue weighted by atomic mass is 35.5. The Labute approximate surface area is 117 Å². The molecular weight excluding hydrogens is 267 g/mol. The summed E-state index contributed by atoms with van der Waals surface area (Å²) < 4.78 is 12.0. The standard InChI is InChI=1S/C13H18ClFN4/c14-11-1-3-12(4-2-11)18-7-9-19(10-8-18)13(16)17-6-5-15/h1-4H,5-10H2,(H2,16,17). The van der Waals surface area contributed by atoms with Crippen LogP contribution in [0.25, 0.3) is 0 Å². The maximum absolute atomic E-state index is 12.0. The van der Waals surface area contributed by atoms with E-state index < -0.39 is 6.67 Å². The van der Waals surface area contributed by atoms with Gasteiger partial charge in [-0.1, -0.05) is 11.6 Å². The number of alkyl halides is 1. The van der Waals surface area contributed by atoms with Crippen molar-refractivity contribution < 1.29 is 4.39 Å². The van der Waals surface area contributed by atoms with E-state index >= 15 is 0 Å². The van der Waals surface area contributed by atoms with Gasteiger partial charge in [0.1, 0.15) is 6.67 Å². The van der Waals surface area contributed by atoms with Crippen molar-refractivity contribution in [3.8, 4) is 0 Å². The molecule has 0 radical (unpaired) electrons. The molecule has 0 atom stereocenters. The third-order valence-electron chi connectivity index (χ3n) is 3.15. The van der Waals surface area contributed by atoms with Gasteiger partial charge in [0.2, 0.25) is 0 Å². The summed E-state index contributed by atoms with van der Waals surface area (Å²) in [6.07, 6.45) is 0. The lowest BCUT2D eigenvalue weighted by Gasteiger charge is -2.36. The molecule has 0 saturated carbocycles. The Kier molecular flexibility index (Phi) is 4.85. The summed E-state index contributed by atoms with van der Waals surface area (Å²) in [4.78, 5) is 8.25. The summed E-state index contributed by atoms with van der Waals surface area (Å²) in [7, 11) is 0. The van der Waals surface area contributed by atoms with Crippen LogP contribution >= 0.6 is 11.6 Å². The molecule has 104 valence electrons. The molecule has 0 aromatic heterocycles. The first kappa shape index (κ1) is 13.9. The average Bonchev–Trinajstić information content (AvgIpc) is 2.46. The van der Waals surface area contributed by atoms with Gasteiger partial charge < -0.3 is 15.5 Å². The van der Waals surface area contributed by atoms with Gasteiger partial charge in [0.25, 0.3) is 0 Å². The van der Waals surface area contributed by atoms with Crippen LogP contribution in [0.5, 0.6) is 0 Å². The van der Waals surface area contributed by atoms with Gasteiger partial charge in [-0.3, -0.25) is 4.99 Å². The van der Waals surface area contributed by atoms with Crippen molar-refractivity contribution in [2.24, 2.45) is 10.7 Å². The van der Waals surface area contributed by atoms with Crippen molar-refractivity contribution >= 4 is 23.2 Å². The van der Waals surface area contributed by atoms with Crippen LogP contribution in [0.3, 0.4) is 0 Å². The second kappa shape index (κ2) is 6.61. The van der Waals surface area contributed by atoms with Gasteiger partial charge in [-0.15, -0.1) is 0 Å². The fourth-order valence-corrected chi connectivity index (χ4v) is 2.23. The van der Waals surface area contributed by atoms with Crippen LogP contribution in [0.4, 0.5) is 10.1 Å². The third kappa shape index (κ3) is 3.73. The second-order valence-corrected chi connectivity index (χ2v) is 4.82. The molecule has 0 unspecified atom stereocenters. The summed E-state index contributed by atoms with van der Waals surface area (Å²) >= 11 is 5.87. The Hall–Kier alpha value is -1.49. The van der Waals surface area contributed by atoms with Crippen molar-refractivity contribution in [2.45, 2.75) is 0 Å². The minimum Gasteiger partial charge on any atom is -0.370 e. The molecule has 1 aromatic carbocycles. The number of rotatable bonds is 3. The average molecular weight is 285 g/mol. The Bertz CT molecular complexity index is 427. The third-order valence-corrected chi connectivity index (χ3v) is 3.41. The number of nitrogens with two attached hydrogens (primary N) is 1. The molecule has 0 amide bonds. The number of anilines is 1. The quantitative estimate of drug-likeness (QED) is 0.679. The Morgan fingerprint density at radius 3 is 2.42 bits per heavy atom. The highest BCUT2D eigenvalue weighted by molar-refractivity contribution is 6.30. The van der Waals surface area contributed by atoms with Crippen molar-refractivity contribution in [3.05, 3.63) is 29.3 Å². The highest BCUT2D eigenvalue weighted by Crippen LogP contribution is 2.19. The molecule has 1 heterocycles. The number of benzene rings is 1. The molecule has 4 nitrogen and oxygen atoms in total. The predicted octanol–water partition coefficient (Wildman–Crippen LogP) is 1.75. The van der Waals surface area contributed by atoms with Gasteiger partial charge in [-0.05, 0) is 24.3 Å². The first-order chi connectivity index (χ1) is 9.20. The van der Waals surface area contributed by atoms with E-state index in [-0.39, 0.29) is 6.54 Å². The minimum atomic E-state index is -0.467. The van der Waals surface area contributed by atoms with Crippen LogP contribution < -0.4 is 10.6 Å². The number of guanidine groups is 1. The second-order valence-electron chi connectivity index (χ2n) is 4.38. The SMILES string of the molecule is NC(=NCCF)N1CCN(c2ccc(Cl)cc2)CC1. The van der Waals surface area contributed by atoms with Crippen LogP contribution in [0, 0.1) is 0 Å². The number of piperazine rings is 1. The van der Waals surface area contributed by atoms with E-state index in [0.29, 0.717) is 5.96 Å². The monoisotopic (exact) mass is 284 g/mol. The van der Waals surface area contributed by atoms with Gasteiger partial charge in [-0.2, -0.15) is 0 Å². The lowest BCUT2D eigenvalue weighted by molar-refractivity contribution is 0.379. The van der Waals surface area contributed by atoms with Crippen LogP contribution in [0.1, 0.15) is 0 Å². The molecule has 1 fully saturated rings. The van der Waals surface area contributed by atoms with E-state index in [1.165, 1.54) is 0 Å². The zero-order valence-corrected chi connectivity index (χ0v) is 11.5. The lowest BCUT2D eigenvalue weighted by Crippen LogP contribution is -2.51. The van der Waals surface area contributed by atoms with E-state index in [1.54, 1.807) is 0 Å². The summed E-state index contributed by atoms with van der Waals surface area (Å²) in [6, 6.07) is 7.80. The van der Waals surface area contributed by atoms with E-state index in [9.17, 15) is 4.39 Å². The van der Waals surface area contributed by atoms with Gasteiger partial charge in [-0.25, -0.2) is 4.39 Å². The van der Waals surface area contributed by atoms with Gasteiger partial charge in [0.05, 0.1) is 6.54 Å². The first-order valence-corrected chi connectivity index (χ1v) is 6.70. The number of hydrogen-bond acceptors (Lipinski definition) is 2. The van der Waals surface area contributed by atoms with Crippen LogP contribution in [-0.4, -0.2) is 50.3 Å². The molecule has 2 N–H and O–H groups in total. The molecule has 0 bridgehead atoms. The molecule has 1 aliphatic rings. The minimum absolute atomic E-state index is 0.142. The fourth-order valence-electron chi connectivity index (χ4n) is 2.10. The summed E-state index contributed by atoms with van der Waals surface area (Å²) in [5, 5.41) is 0.741. The number of halogens is 2. The van der Waals surface area contributed by atoms with E-state index in [4.69, 9.17) is 17.3 Å². The van der Waals surface area contributed by atoms with Crippen molar-refractivity contribution in [1.29, 1.82) is 0 Å². The molecule has 0 aliphatic carbocycles. The predicted molar refractivity (Wildman–Crippen MR) is 77.7 cm³/mol. The topological polar surface area (TPSA) is 44.9 Å². The van der Waals surface area contributed by atoms with Gasteiger partial charge in [0.15, 0.2) is 5.96 Å². The van der Waals surface area contributed by atoms with Gasteiger partial charge in [0, 0.05) is 36.9 Å². The molecule has 1 saturated heterocycles. The zero-order chi connectivity index (χ0) is 13.7. The lowest BCUT2D eigenvalue weighted by atomic mass is 10.2. The number of hydrogen-bond donors (Lipinski definition) is 1. The molecule has 2 rings (SSSR count). The van der Waals surface area contributed by atoms with E-state index in [2.05, 4.69) is 9.89 Å². The van der Waals surface area contributed by atoms with Crippen molar-refractivity contribution in [2.75, 3.05) is 44.3 Å². The molecule has 0 spiro atoms. The van der Waals surface area contributed by atoms with Crippen molar-refractivity contribution in [3.63, 3.8) is 0 Å². The normalized spacial score (nSPS) is 16.8. The van der Waals surface area contributed by atoms with E-state index in [0.717, 1.165) is 36.9 Å². The van der Waals surface area contributed by atoms with Gasteiger partial charge >= 0.3 is 0 Å². The first-order valence-electron chi connectivity index (χ1n) is 6.32. The van der Waals surface area contributed by atoms with E-state index in [1.807, 2.05) is 29.2 Å². The maximum atomic E-state index is 12.0. The number of nitrogens with zero attached hydrogens (tertiary/aromatic N) is 3. The molecule has 1 aliphatic heterocycles. The molecule has 1 aromatic rings. The highest BCUT2D eigenvalue weighted by Gasteiger charge is 2.18. The zero-order valence-electron chi connectivity index (χ0n) is 10.7. The summed E-state index contributed by atoms with van der Waals surface area (Å²) in [5.74, 6) is 0.438. The largest absolute Gasteiger partial charge is 0.370 e. The molecule has 6 heteroatoms. The molecular formula is C13H18ClFN4. The number of aliphatic imine (C=N–C) groups is 1. The Balaban J connectivity index is 1.90. The maximum Gasteiger partial charge on any atom is 0.191 e. The smallest absolute Gasteiger partial charge is 0.191 e. The Morgan fingerprint density at radius 2 is 1.84 bits per heavy atom. The van der Waals surface area contributed by atoms with Crippen molar-refractivity contribution in [1.82, 2.24) is 4.90 Å². The van der Waals surface area contributed by atoms with Crippen LogP contribution in [-0.2, 0) is 0 Å². The summed E-state index contributed by atoms with van der Waals surface area (Å²) in [6.45, 7) is 3.00. The van der Waals surface area contributed by atoms with Crippen LogP contribution in [0.15, 0.2) is 29.3 Å².